The highest BCUT2D eigenvalue weighted by Gasteiger charge is 2.60. The molecule has 0 spiro atoms. The van der Waals surface area contributed by atoms with Crippen LogP contribution < -0.4 is 5.73 Å². The van der Waals surface area contributed by atoms with Gasteiger partial charge in [0.25, 0.3) is 0 Å². The van der Waals surface area contributed by atoms with Gasteiger partial charge in [0.2, 0.25) is 17.5 Å². The first kappa shape index (κ1) is 13.2. The van der Waals surface area contributed by atoms with Crippen molar-refractivity contribution in [3.8, 4) is 0 Å². The molecule has 2 aliphatic rings. The van der Waals surface area contributed by atoms with Crippen molar-refractivity contribution in [2.75, 3.05) is 19.8 Å². The molecule has 3 N–H and O–H groups in total. The van der Waals surface area contributed by atoms with Crippen molar-refractivity contribution in [2.24, 2.45) is 16.6 Å². The third kappa shape index (κ3) is 1.85. The molecule has 1 heterocycles. The molecule has 1 aliphatic carbocycles. The van der Waals surface area contributed by atoms with E-state index in [4.69, 9.17) is 10.5 Å². The van der Waals surface area contributed by atoms with Crippen molar-refractivity contribution in [1.29, 1.82) is 0 Å². The molecule has 1 unspecified atom stereocenters. The topological polar surface area (TPSA) is 107 Å². The second kappa shape index (κ2) is 4.44. The average molecular weight is 255 g/mol. The number of carbonyl (C=O) groups excluding carboxylic acids is 3. The molecule has 6 nitrogen and oxygen atoms in total. The fraction of sp³-hybridized carbons (Fsp3) is 0.750. The summed E-state index contributed by atoms with van der Waals surface area (Å²) in [7, 11) is 0. The van der Waals surface area contributed by atoms with E-state index in [0.29, 0.717) is 32.3 Å². The summed E-state index contributed by atoms with van der Waals surface area (Å²) in [6, 6.07) is 0. The van der Waals surface area contributed by atoms with E-state index in [2.05, 4.69) is 0 Å². The lowest BCUT2D eigenvalue weighted by atomic mass is 9.75. The Morgan fingerprint density at radius 1 is 1.17 bits per heavy atom. The Morgan fingerprint density at radius 3 is 2.22 bits per heavy atom. The summed E-state index contributed by atoms with van der Waals surface area (Å²) in [6.07, 6.45) is 1.68. The van der Waals surface area contributed by atoms with Gasteiger partial charge in [-0.25, -0.2) is 0 Å². The number of aliphatic hydroxyl groups excluding tert-OH is 1. The maximum atomic E-state index is 12.2. The quantitative estimate of drug-likeness (QED) is 0.493. The summed E-state index contributed by atoms with van der Waals surface area (Å²) in [5.74, 6) is -2.21. The number of Topliss-reactive ketones (excluding diaryl/α,β-unsaturated/α-hetero) is 2. The zero-order valence-corrected chi connectivity index (χ0v) is 10.1. The number of ketones is 2. The SMILES string of the molecule is NC(=O)C1(C(=O)C(=O)C2(CO)CCCOC2)CC1. The van der Waals surface area contributed by atoms with Gasteiger partial charge >= 0.3 is 0 Å². The Bertz CT molecular complexity index is 393. The first-order chi connectivity index (χ1) is 8.48. The highest BCUT2D eigenvalue weighted by molar-refractivity contribution is 6.45. The summed E-state index contributed by atoms with van der Waals surface area (Å²) < 4.78 is 5.19. The Kier molecular flexibility index (Phi) is 3.25. The number of ether oxygens (including phenoxy) is 1. The van der Waals surface area contributed by atoms with E-state index >= 15 is 0 Å². The van der Waals surface area contributed by atoms with E-state index < -0.39 is 34.9 Å². The zero-order valence-electron chi connectivity index (χ0n) is 10.1. The van der Waals surface area contributed by atoms with Gasteiger partial charge < -0.3 is 15.6 Å². The predicted octanol–water partition coefficient (Wildman–Crippen LogP) is -0.821. The van der Waals surface area contributed by atoms with Crippen LogP contribution in [0.25, 0.3) is 0 Å². The molecule has 1 amide bonds. The van der Waals surface area contributed by atoms with Gasteiger partial charge in [-0.3, -0.25) is 14.4 Å². The summed E-state index contributed by atoms with van der Waals surface area (Å²) in [5, 5.41) is 9.42. The van der Waals surface area contributed by atoms with Crippen LogP contribution in [-0.4, -0.2) is 42.4 Å². The zero-order chi connectivity index (χ0) is 13.4. The largest absolute Gasteiger partial charge is 0.395 e. The van der Waals surface area contributed by atoms with Crippen molar-refractivity contribution in [2.45, 2.75) is 25.7 Å². The number of aliphatic hydroxyl groups is 1. The predicted molar refractivity (Wildman–Crippen MR) is 60.4 cm³/mol. The molecule has 18 heavy (non-hydrogen) atoms. The fourth-order valence-electron chi connectivity index (χ4n) is 2.40. The van der Waals surface area contributed by atoms with Crippen LogP contribution in [0.1, 0.15) is 25.7 Å². The monoisotopic (exact) mass is 255 g/mol. The van der Waals surface area contributed by atoms with Gasteiger partial charge in [0.05, 0.1) is 18.6 Å². The van der Waals surface area contributed by atoms with Crippen molar-refractivity contribution in [3.63, 3.8) is 0 Å². The van der Waals surface area contributed by atoms with Gasteiger partial charge in [-0.15, -0.1) is 0 Å². The molecule has 0 aromatic carbocycles. The van der Waals surface area contributed by atoms with Gasteiger partial charge in [0.15, 0.2) is 0 Å². The van der Waals surface area contributed by atoms with E-state index in [1.807, 2.05) is 0 Å². The molecule has 1 aliphatic heterocycles. The van der Waals surface area contributed by atoms with Gasteiger partial charge in [-0.2, -0.15) is 0 Å². The Hall–Kier alpha value is -1.27. The molecule has 0 aromatic heterocycles. The van der Waals surface area contributed by atoms with Crippen LogP contribution >= 0.6 is 0 Å². The molecule has 0 bridgehead atoms. The number of nitrogens with two attached hydrogens (primary N) is 1. The van der Waals surface area contributed by atoms with Crippen LogP contribution in [0.5, 0.6) is 0 Å². The number of carbonyl (C=O) groups is 3. The van der Waals surface area contributed by atoms with Crippen LogP contribution in [0.15, 0.2) is 0 Å². The van der Waals surface area contributed by atoms with E-state index in [1.165, 1.54) is 0 Å². The number of rotatable bonds is 5. The summed E-state index contributed by atoms with van der Waals surface area (Å²) >= 11 is 0. The molecule has 2 fully saturated rings. The fourth-order valence-corrected chi connectivity index (χ4v) is 2.40. The van der Waals surface area contributed by atoms with Gasteiger partial charge in [0, 0.05) is 6.61 Å². The highest BCUT2D eigenvalue weighted by atomic mass is 16.5. The Balaban J connectivity index is 2.20. The van der Waals surface area contributed by atoms with Gasteiger partial charge in [-0.05, 0) is 25.7 Å². The lowest BCUT2D eigenvalue weighted by Gasteiger charge is -2.33. The highest BCUT2D eigenvalue weighted by Crippen LogP contribution is 2.48. The Morgan fingerprint density at radius 2 is 1.83 bits per heavy atom. The minimum Gasteiger partial charge on any atom is -0.395 e. The summed E-state index contributed by atoms with van der Waals surface area (Å²) in [6.45, 7) is 0.111. The normalized spacial score (nSPS) is 29.6. The smallest absolute Gasteiger partial charge is 0.231 e. The second-order valence-corrected chi connectivity index (χ2v) is 5.20. The van der Waals surface area contributed by atoms with Crippen molar-refractivity contribution in [1.82, 2.24) is 0 Å². The van der Waals surface area contributed by atoms with E-state index in [1.54, 1.807) is 0 Å². The number of primary amides is 1. The first-order valence-electron chi connectivity index (χ1n) is 6.06. The first-order valence-corrected chi connectivity index (χ1v) is 6.06. The second-order valence-electron chi connectivity index (χ2n) is 5.20. The van der Waals surface area contributed by atoms with Gasteiger partial charge in [0.1, 0.15) is 5.41 Å². The van der Waals surface area contributed by atoms with Crippen LogP contribution in [0.3, 0.4) is 0 Å². The molecule has 100 valence electrons. The van der Waals surface area contributed by atoms with Crippen LogP contribution in [-0.2, 0) is 19.1 Å². The lowest BCUT2D eigenvalue weighted by molar-refractivity contribution is -0.155. The van der Waals surface area contributed by atoms with Crippen LogP contribution in [0.2, 0.25) is 0 Å². The lowest BCUT2D eigenvalue weighted by Crippen LogP contribution is -2.50. The molecule has 0 aromatic rings. The summed E-state index contributed by atoms with van der Waals surface area (Å²) in [4.78, 5) is 35.6. The maximum absolute atomic E-state index is 12.2. The molecular formula is C12H17NO5. The van der Waals surface area contributed by atoms with Crippen molar-refractivity contribution in [3.05, 3.63) is 0 Å². The molecule has 0 radical (unpaired) electrons. The molecule has 6 heteroatoms. The number of amides is 1. The van der Waals surface area contributed by atoms with E-state index in [9.17, 15) is 19.5 Å². The van der Waals surface area contributed by atoms with Crippen LogP contribution in [0, 0.1) is 10.8 Å². The standard InChI is InChI=1S/C12H17NO5/c13-10(17)12(3-4-12)9(16)8(15)11(6-14)2-1-5-18-7-11/h14H,1-7H2,(H2,13,17). The van der Waals surface area contributed by atoms with Gasteiger partial charge in [-0.1, -0.05) is 0 Å². The van der Waals surface area contributed by atoms with Crippen LogP contribution in [0.4, 0.5) is 0 Å². The molecular weight excluding hydrogens is 238 g/mol. The molecule has 2 rings (SSSR count). The number of hydrogen-bond acceptors (Lipinski definition) is 5. The molecule has 1 atom stereocenters. The average Bonchev–Trinajstić information content (AvgIpc) is 3.19. The third-order valence-electron chi connectivity index (χ3n) is 3.97. The summed E-state index contributed by atoms with van der Waals surface area (Å²) in [5.41, 5.74) is 2.69. The van der Waals surface area contributed by atoms with E-state index in [0.717, 1.165) is 0 Å². The minimum atomic E-state index is -1.31. The molecule has 1 saturated carbocycles. The van der Waals surface area contributed by atoms with E-state index in [-0.39, 0.29) is 6.61 Å². The van der Waals surface area contributed by atoms with Crippen molar-refractivity contribution < 1.29 is 24.2 Å². The van der Waals surface area contributed by atoms with Crippen molar-refractivity contribution >= 4 is 17.5 Å². The minimum absolute atomic E-state index is 0.0307. The molecule has 1 saturated heterocycles. The Labute approximate surface area is 104 Å². The number of hydrogen-bond donors (Lipinski definition) is 2. The third-order valence-corrected chi connectivity index (χ3v) is 3.97. The maximum Gasteiger partial charge on any atom is 0.231 e.